The number of aromatic amines is 1. The van der Waals surface area contributed by atoms with Gasteiger partial charge < -0.3 is 15.5 Å². The number of esters is 1. The molecule has 0 amide bonds. The number of nitrogens with two attached hydrogens (primary N) is 1. The van der Waals surface area contributed by atoms with E-state index in [-0.39, 0.29) is 5.97 Å². The molecule has 0 saturated heterocycles. The molecule has 4 nitrogen and oxygen atoms in total. The first-order valence-corrected chi connectivity index (χ1v) is 5.84. The van der Waals surface area contributed by atoms with Crippen LogP contribution in [0.25, 0.3) is 6.08 Å². The van der Waals surface area contributed by atoms with E-state index in [1.165, 1.54) is 0 Å². The Morgan fingerprint density at radius 1 is 1.47 bits per heavy atom. The van der Waals surface area contributed by atoms with Gasteiger partial charge in [0.2, 0.25) is 0 Å². The zero-order valence-electron chi connectivity index (χ0n) is 10.7. The molecule has 1 aromatic heterocycles. The summed E-state index contributed by atoms with van der Waals surface area (Å²) in [7, 11) is 0. The highest BCUT2D eigenvalue weighted by molar-refractivity contribution is 5.90. The molecule has 0 saturated carbocycles. The first-order valence-electron chi connectivity index (χ1n) is 5.84. The van der Waals surface area contributed by atoms with Gasteiger partial charge in [-0.2, -0.15) is 0 Å². The van der Waals surface area contributed by atoms with Crippen LogP contribution in [0.3, 0.4) is 0 Å². The van der Waals surface area contributed by atoms with Gasteiger partial charge in [-0.15, -0.1) is 0 Å². The normalized spacial score (nSPS) is 11.1. The first kappa shape index (κ1) is 13.5. The molecule has 1 aromatic rings. The van der Waals surface area contributed by atoms with Gasteiger partial charge in [0.05, 0.1) is 6.61 Å². The van der Waals surface area contributed by atoms with Crippen LogP contribution in [0.15, 0.2) is 6.08 Å². The minimum Gasteiger partial charge on any atom is -0.461 e. The minimum atomic E-state index is -0.299. The molecule has 0 radical (unpaired) electrons. The van der Waals surface area contributed by atoms with E-state index >= 15 is 0 Å². The largest absolute Gasteiger partial charge is 0.461 e. The quantitative estimate of drug-likeness (QED) is 0.770. The maximum Gasteiger partial charge on any atom is 0.355 e. The lowest BCUT2D eigenvalue weighted by Gasteiger charge is -2.00. The van der Waals surface area contributed by atoms with Crippen LogP contribution in [-0.4, -0.2) is 24.1 Å². The number of carbonyl (C=O) groups excluding carboxylic acids is 1. The molecule has 0 aliphatic heterocycles. The van der Waals surface area contributed by atoms with Crippen LogP contribution in [-0.2, 0) is 4.74 Å². The van der Waals surface area contributed by atoms with Crippen LogP contribution >= 0.6 is 0 Å². The van der Waals surface area contributed by atoms with E-state index < -0.39 is 0 Å². The third kappa shape index (κ3) is 3.20. The van der Waals surface area contributed by atoms with E-state index in [1.54, 1.807) is 6.92 Å². The Balaban J connectivity index is 2.97. The van der Waals surface area contributed by atoms with E-state index in [2.05, 4.69) is 4.98 Å². The molecule has 3 N–H and O–H groups in total. The smallest absolute Gasteiger partial charge is 0.355 e. The maximum atomic E-state index is 11.7. The lowest BCUT2D eigenvalue weighted by molar-refractivity contribution is 0.0519. The fourth-order valence-corrected chi connectivity index (χ4v) is 1.72. The fraction of sp³-hybridized carbons (Fsp3) is 0.462. The van der Waals surface area contributed by atoms with Gasteiger partial charge in [0.1, 0.15) is 5.69 Å². The Morgan fingerprint density at radius 2 is 2.18 bits per heavy atom. The summed E-state index contributed by atoms with van der Waals surface area (Å²) in [6.45, 7) is 6.67. The van der Waals surface area contributed by atoms with Crippen LogP contribution < -0.4 is 5.73 Å². The molecule has 1 heterocycles. The van der Waals surface area contributed by atoms with Gasteiger partial charge >= 0.3 is 5.97 Å². The summed E-state index contributed by atoms with van der Waals surface area (Å²) in [6.07, 6.45) is 4.84. The van der Waals surface area contributed by atoms with Crippen molar-refractivity contribution in [1.29, 1.82) is 0 Å². The lowest BCUT2D eigenvalue weighted by Crippen LogP contribution is -2.06. The highest BCUT2D eigenvalue weighted by atomic mass is 16.5. The number of ether oxygens (including phenoxy) is 1. The molecule has 0 aromatic carbocycles. The summed E-state index contributed by atoms with van der Waals surface area (Å²) in [5.41, 5.74) is 8.91. The summed E-state index contributed by atoms with van der Waals surface area (Å²) in [5.74, 6) is -0.299. The highest BCUT2D eigenvalue weighted by Crippen LogP contribution is 2.20. The molecular formula is C13H20N2O2. The van der Waals surface area contributed by atoms with E-state index in [9.17, 15) is 4.79 Å². The molecule has 0 spiro atoms. The van der Waals surface area contributed by atoms with Gasteiger partial charge in [-0.1, -0.05) is 12.2 Å². The van der Waals surface area contributed by atoms with Gasteiger partial charge in [0.15, 0.2) is 0 Å². The van der Waals surface area contributed by atoms with Crippen molar-refractivity contribution in [1.82, 2.24) is 4.98 Å². The molecule has 0 atom stereocenters. The summed E-state index contributed by atoms with van der Waals surface area (Å²) in [6, 6.07) is 0. The minimum absolute atomic E-state index is 0.299. The number of hydrogen-bond donors (Lipinski definition) is 2. The van der Waals surface area contributed by atoms with E-state index in [0.29, 0.717) is 18.8 Å². The van der Waals surface area contributed by atoms with Crippen molar-refractivity contribution in [2.45, 2.75) is 27.2 Å². The molecule has 17 heavy (non-hydrogen) atoms. The van der Waals surface area contributed by atoms with Crippen molar-refractivity contribution < 1.29 is 9.53 Å². The summed E-state index contributed by atoms with van der Waals surface area (Å²) < 4.78 is 4.99. The molecule has 1 rings (SSSR count). The standard InChI is InChI=1S/C13H20N2O2/c1-4-17-13(16)12-9(2)11(10(3)15-12)7-5-6-8-14/h5,7,15H,4,6,8,14H2,1-3H3. The molecule has 0 aliphatic carbocycles. The average molecular weight is 236 g/mol. The number of hydrogen-bond acceptors (Lipinski definition) is 3. The fourth-order valence-electron chi connectivity index (χ4n) is 1.72. The van der Waals surface area contributed by atoms with Crippen molar-refractivity contribution >= 4 is 12.0 Å². The number of aromatic nitrogens is 1. The van der Waals surface area contributed by atoms with Gasteiger partial charge in [-0.3, -0.25) is 0 Å². The number of nitrogens with one attached hydrogen (secondary N) is 1. The lowest BCUT2D eigenvalue weighted by atomic mass is 10.1. The Kier molecular flexibility index (Phi) is 4.97. The second-order valence-electron chi connectivity index (χ2n) is 3.86. The van der Waals surface area contributed by atoms with E-state index in [1.807, 2.05) is 26.0 Å². The summed E-state index contributed by atoms with van der Waals surface area (Å²) in [5, 5.41) is 0. The van der Waals surface area contributed by atoms with Gasteiger partial charge in [0, 0.05) is 5.69 Å². The molecular weight excluding hydrogens is 216 g/mol. The van der Waals surface area contributed by atoms with Crippen molar-refractivity contribution in [2.75, 3.05) is 13.2 Å². The van der Waals surface area contributed by atoms with Gasteiger partial charge in [0.25, 0.3) is 0 Å². The second kappa shape index (κ2) is 6.25. The topological polar surface area (TPSA) is 68.1 Å². The molecule has 0 aliphatic rings. The SMILES string of the molecule is CCOC(=O)c1[nH]c(C)c(C=CCCN)c1C. The molecule has 0 fully saturated rings. The Bertz CT molecular complexity index is 419. The monoisotopic (exact) mass is 236 g/mol. The number of aryl methyl sites for hydroxylation is 1. The second-order valence-corrected chi connectivity index (χ2v) is 3.86. The third-order valence-electron chi connectivity index (χ3n) is 2.59. The Hall–Kier alpha value is -1.55. The average Bonchev–Trinajstić information content (AvgIpc) is 2.57. The molecule has 0 bridgehead atoms. The van der Waals surface area contributed by atoms with Crippen molar-refractivity contribution in [3.63, 3.8) is 0 Å². The number of H-pyrrole nitrogens is 1. The van der Waals surface area contributed by atoms with Crippen LogP contribution in [0.2, 0.25) is 0 Å². The Morgan fingerprint density at radius 3 is 2.76 bits per heavy atom. The van der Waals surface area contributed by atoms with Gasteiger partial charge in [-0.05, 0) is 44.9 Å². The highest BCUT2D eigenvalue weighted by Gasteiger charge is 2.16. The zero-order chi connectivity index (χ0) is 12.8. The van der Waals surface area contributed by atoms with Crippen molar-refractivity contribution in [2.24, 2.45) is 5.73 Å². The van der Waals surface area contributed by atoms with Crippen molar-refractivity contribution in [3.05, 3.63) is 28.6 Å². The van der Waals surface area contributed by atoms with E-state index in [4.69, 9.17) is 10.5 Å². The maximum absolute atomic E-state index is 11.7. The zero-order valence-corrected chi connectivity index (χ0v) is 10.7. The summed E-state index contributed by atoms with van der Waals surface area (Å²) >= 11 is 0. The van der Waals surface area contributed by atoms with Gasteiger partial charge in [-0.25, -0.2) is 4.79 Å². The van der Waals surface area contributed by atoms with Crippen molar-refractivity contribution in [3.8, 4) is 0 Å². The van der Waals surface area contributed by atoms with Crippen LogP contribution in [0.5, 0.6) is 0 Å². The summed E-state index contributed by atoms with van der Waals surface area (Å²) in [4.78, 5) is 14.7. The van der Waals surface area contributed by atoms with Crippen LogP contribution in [0.4, 0.5) is 0 Å². The number of rotatable bonds is 5. The third-order valence-corrected chi connectivity index (χ3v) is 2.59. The molecule has 94 valence electrons. The predicted octanol–water partition coefficient (Wildman–Crippen LogP) is 2.17. The van der Waals surface area contributed by atoms with Crippen LogP contribution in [0.1, 0.15) is 40.7 Å². The Labute approximate surface area is 102 Å². The van der Waals surface area contributed by atoms with E-state index in [0.717, 1.165) is 23.2 Å². The van der Waals surface area contributed by atoms with Crippen LogP contribution in [0, 0.1) is 13.8 Å². The molecule has 4 heteroatoms. The number of carbonyl (C=O) groups is 1. The first-order chi connectivity index (χ1) is 8.11. The predicted molar refractivity (Wildman–Crippen MR) is 68.9 cm³/mol. The molecule has 0 unspecified atom stereocenters.